The van der Waals surface area contributed by atoms with Gasteiger partial charge >= 0.3 is 0 Å². The van der Waals surface area contributed by atoms with Gasteiger partial charge in [-0.15, -0.1) is 0 Å². The van der Waals surface area contributed by atoms with Crippen molar-refractivity contribution in [3.63, 3.8) is 0 Å². The van der Waals surface area contributed by atoms with Gasteiger partial charge in [-0.25, -0.2) is 0 Å². The standard InChI is InChI=1S/C14H19BrIN/c15-13-10-11(16)8-9-14(13)17-12-6-4-2-1-3-5-7-12/h8-10,12,17H,1-7H2. The van der Waals surface area contributed by atoms with E-state index in [9.17, 15) is 0 Å². The summed E-state index contributed by atoms with van der Waals surface area (Å²) in [6.45, 7) is 0. The van der Waals surface area contributed by atoms with Crippen LogP contribution in [0.2, 0.25) is 0 Å². The van der Waals surface area contributed by atoms with Crippen molar-refractivity contribution >= 4 is 44.2 Å². The Morgan fingerprint density at radius 3 is 2.35 bits per heavy atom. The Balaban J connectivity index is 1.98. The molecule has 0 radical (unpaired) electrons. The van der Waals surface area contributed by atoms with E-state index in [4.69, 9.17) is 0 Å². The van der Waals surface area contributed by atoms with E-state index >= 15 is 0 Å². The van der Waals surface area contributed by atoms with E-state index < -0.39 is 0 Å². The van der Waals surface area contributed by atoms with E-state index in [-0.39, 0.29) is 0 Å². The molecule has 0 aliphatic heterocycles. The third-order valence-electron chi connectivity index (χ3n) is 3.40. The molecule has 1 nitrogen and oxygen atoms in total. The number of anilines is 1. The van der Waals surface area contributed by atoms with Gasteiger partial charge in [0.25, 0.3) is 0 Å². The fourth-order valence-corrected chi connectivity index (χ4v) is 3.84. The highest BCUT2D eigenvalue weighted by Crippen LogP contribution is 2.27. The first kappa shape index (κ1) is 13.7. The molecule has 0 aromatic heterocycles. The Bertz CT molecular complexity index is 359. The van der Waals surface area contributed by atoms with Gasteiger partial charge in [-0.3, -0.25) is 0 Å². The highest BCUT2D eigenvalue weighted by molar-refractivity contribution is 14.1. The highest BCUT2D eigenvalue weighted by Gasteiger charge is 2.12. The minimum absolute atomic E-state index is 0.659. The van der Waals surface area contributed by atoms with Crippen LogP contribution in [0, 0.1) is 3.57 Å². The lowest BCUT2D eigenvalue weighted by atomic mass is 9.96. The molecule has 1 aliphatic rings. The van der Waals surface area contributed by atoms with E-state index in [1.54, 1.807) is 0 Å². The highest BCUT2D eigenvalue weighted by atomic mass is 127. The molecule has 1 aromatic rings. The first-order valence-corrected chi connectivity index (χ1v) is 8.34. The molecule has 0 spiro atoms. The summed E-state index contributed by atoms with van der Waals surface area (Å²) in [7, 11) is 0. The predicted octanol–water partition coefficient (Wildman–Crippen LogP) is 5.58. The van der Waals surface area contributed by atoms with Crippen LogP contribution in [-0.2, 0) is 0 Å². The van der Waals surface area contributed by atoms with Crippen LogP contribution >= 0.6 is 38.5 Å². The first-order chi connectivity index (χ1) is 8.25. The summed E-state index contributed by atoms with van der Waals surface area (Å²) >= 11 is 5.99. The third-order valence-corrected chi connectivity index (χ3v) is 4.72. The number of nitrogens with one attached hydrogen (secondary N) is 1. The van der Waals surface area contributed by atoms with Crippen LogP contribution in [0.5, 0.6) is 0 Å². The maximum Gasteiger partial charge on any atom is 0.0487 e. The Morgan fingerprint density at radius 2 is 1.71 bits per heavy atom. The van der Waals surface area contributed by atoms with Crippen LogP contribution in [0.1, 0.15) is 44.9 Å². The summed E-state index contributed by atoms with van der Waals surface area (Å²) < 4.78 is 2.46. The molecule has 1 N–H and O–H groups in total. The molecule has 17 heavy (non-hydrogen) atoms. The van der Waals surface area contributed by atoms with Crippen LogP contribution in [0.4, 0.5) is 5.69 Å². The molecule has 3 heteroatoms. The molecule has 2 rings (SSSR count). The molecule has 1 aliphatic carbocycles. The molecule has 0 unspecified atom stereocenters. The number of halogens is 2. The summed E-state index contributed by atoms with van der Waals surface area (Å²) in [6, 6.07) is 7.18. The molecular weight excluding hydrogens is 389 g/mol. The van der Waals surface area contributed by atoms with Crippen molar-refractivity contribution in [2.75, 3.05) is 5.32 Å². The van der Waals surface area contributed by atoms with Gasteiger partial charge < -0.3 is 5.32 Å². The molecule has 0 amide bonds. The Labute approximate surface area is 126 Å². The van der Waals surface area contributed by atoms with E-state index in [2.05, 4.69) is 62.0 Å². The van der Waals surface area contributed by atoms with Gasteiger partial charge in [-0.05, 0) is 69.6 Å². The van der Waals surface area contributed by atoms with Crippen molar-refractivity contribution in [1.29, 1.82) is 0 Å². The number of hydrogen-bond donors (Lipinski definition) is 1. The zero-order chi connectivity index (χ0) is 12.1. The zero-order valence-electron chi connectivity index (χ0n) is 10.0. The van der Waals surface area contributed by atoms with Gasteiger partial charge in [0.2, 0.25) is 0 Å². The topological polar surface area (TPSA) is 12.0 Å². The monoisotopic (exact) mass is 407 g/mol. The average Bonchev–Trinajstić information content (AvgIpc) is 2.25. The maximum absolute atomic E-state index is 3.69. The van der Waals surface area contributed by atoms with Gasteiger partial charge in [0.1, 0.15) is 0 Å². The molecule has 0 saturated heterocycles. The molecular formula is C14H19BrIN. The number of benzene rings is 1. The average molecular weight is 408 g/mol. The largest absolute Gasteiger partial charge is 0.381 e. The second-order valence-corrected chi connectivity index (χ2v) is 6.91. The second kappa shape index (κ2) is 6.98. The van der Waals surface area contributed by atoms with E-state index in [1.165, 1.54) is 58.7 Å². The van der Waals surface area contributed by atoms with Crippen LogP contribution in [0.15, 0.2) is 22.7 Å². The lowest BCUT2D eigenvalue weighted by Gasteiger charge is -2.22. The Kier molecular flexibility index (Phi) is 5.60. The van der Waals surface area contributed by atoms with Gasteiger partial charge in [-0.1, -0.05) is 32.1 Å². The van der Waals surface area contributed by atoms with Gasteiger partial charge in [0, 0.05) is 19.8 Å². The van der Waals surface area contributed by atoms with E-state index in [0.717, 1.165) is 0 Å². The summed E-state index contributed by atoms with van der Waals surface area (Å²) in [5.74, 6) is 0. The molecule has 1 aromatic carbocycles. The summed E-state index contributed by atoms with van der Waals surface area (Å²) in [6.07, 6.45) is 9.63. The van der Waals surface area contributed by atoms with Gasteiger partial charge in [-0.2, -0.15) is 0 Å². The van der Waals surface area contributed by atoms with Crippen molar-refractivity contribution in [2.24, 2.45) is 0 Å². The minimum atomic E-state index is 0.659. The third kappa shape index (κ3) is 4.43. The Morgan fingerprint density at radius 1 is 1.06 bits per heavy atom. The fourth-order valence-electron chi connectivity index (χ4n) is 2.43. The van der Waals surface area contributed by atoms with Gasteiger partial charge in [0.15, 0.2) is 0 Å². The maximum atomic E-state index is 3.69. The van der Waals surface area contributed by atoms with Crippen LogP contribution in [-0.4, -0.2) is 6.04 Å². The van der Waals surface area contributed by atoms with Crippen molar-refractivity contribution in [2.45, 2.75) is 51.0 Å². The molecule has 94 valence electrons. The van der Waals surface area contributed by atoms with Crippen LogP contribution in [0.3, 0.4) is 0 Å². The Hall–Kier alpha value is 0.230. The van der Waals surface area contributed by atoms with Crippen molar-refractivity contribution in [3.05, 3.63) is 26.2 Å². The molecule has 0 bridgehead atoms. The summed E-state index contributed by atoms with van der Waals surface area (Å²) in [5, 5.41) is 3.69. The molecule has 0 heterocycles. The van der Waals surface area contributed by atoms with Crippen LogP contribution in [0.25, 0.3) is 0 Å². The van der Waals surface area contributed by atoms with Gasteiger partial charge in [0.05, 0.1) is 0 Å². The van der Waals surface area contributed by atoms with E-state index in [0.29, 0.717) is 6.04 Å². The smallest absolute Gasteiger partial charge is 0.0487 e. The van der Waals surface area contributed by atoms with Crippen molar-refractivity contribution in [3.8, 4) is 0 Å². The summed E-state index contributed by atoms with van der Waals surface area (Å²) in [5.41, 5.74) is 1.25. The van der Waals surface area contributed by atoms with Crippen molar-refractivity contribution < 1.29 is 0 Å². The minimum Gasteiger partial charge on any atom is -0.381 e. The normalized spacial score (nSPS) is 18.5. The first-order valence-electron chi connectivity index (χ1n) is 6.47. The van der Waals surface area contributed by atoms with Crippen LogP contribution < -0.4 is 5.32 Å². The quantitative estimate of drug-likeness (QED) is 0.631. The lowest BCUT2D eigenvalue weighted by molar-refractivity contribution is 0.471. The number of rotatable bonds is 2. The summed E-state index contributed by atoms with van der Waals surface area (Å²) in [4.78, 5) is 0. The fraction of sp³-hybridized carbons (Fsp3) is 0.571. The number of hydrogen-bond acceptors (Lipinski definition) is 1. The second-order valence-electron chi connectivity index (χ2n) is 4.81. The molecule has 1 saturated carbocycles. The molecule has 1 fully saturated rings. The predicted molar refractivity (Wildman–Crippen MR) is 86.6 cm³/mol. The van der Waals surface area contributed by atoms with E-state index in [1.807, 2.05) is 0 Å². The SMILES string of the molecule is Brc1cc(I)ccc1NC1CCCCCCC1. The lowest BCUT2D eigenvalue weighted by Crippen LogP contribution is -2.20. The van der Waals surface area contributed by atoms with Crippen molar-refractivity contribution in [1.82, 2.24) is 0 Å². The zero-order valence-corrected chi connectivity index (χ0v) is 13.8. The molecule has 0 atom stereocenters.